The molecule has 2 aromatic rings. The number of rotatable bonds is 7. The number of thiazole rings is 1. The van der Waals surface area contributed by atoms with Crippen LogP contribution in [0.15, 0.2) is 29.8 Å². The first-order valence-corrected chi connectivity index (χ1v) is 11.6. The third-order valence-electron chi connectivity index (χ3n) is 5.41. The number of halogens is 3. The lowest BCUT2D eigenvalue weighted by Crippen LogP contribution is -2.37. The number of alkyl halides is 2. The Morgan fingerprint density at radius 3 is 2.80 bits per heavy atom. The van der Waals surface area contributed by atoms with Gasteiger partial charge in [0.05, 0.1) is 44.0 Å². The molecule has 1 unspecified atom stereocenters. The Labute approximate surface area is 202 Å². The molecule has 3 amide bonds. The second kappa shape index (κ2) is 10.9. The van der Waals surface area contributed by atoms with E-state index < -0.39 is 30.3 Å². The summed E-state index contributed by atoms with van der Waals surface area (Å²) in [7, 11) is 0. The number of hydrogen-bond acceptors (Lipinski definition) is 8. The van der Waals surface area contributed by atoms with Gasteiger partial charge in [0.2, 0.25) is 0 Å². The fourth-order valence-electron chi connectivity index (χ4n) is 3.69. The van der Waals surface area contributed by atoms with Crippen molar-refractivity contribution in [2.45, 2.75) is 19.0 Å². The molecule has 0 aliphatic carbocycles. The van der Waals surface area contributed by atoms with Crippen molar-refractivity contribution in [3.05, 3.63) is 40.6 Å². The number of aromatic nitrogens is 1. The van der Waals surface area contributed by atoms with Gasteiger partial charge in [-0.1, -0.05) is 0 Å². The van der Waals surface area contributed by atoms with Gasteiger partial charge < -0.3 is 15.0 Å². The van der Waals surface area contributed by atoms with Crippen molar-refractivity contribution >= 4 is 40.6 Å². The Bertz CT molecular complexity index is 1070. The van der Waals surface area contributed by atoms with Gasteiger partial charge in [0, 0.05) is 24.7 Å². The highest BCUT2D eigenvalue weighted by atomic mass is 32.1. The first-order chi connectivity index (χ1) is 16.8. The SMILES string of the molecule is O=C(NCC1CN(c2ccc(N3CCON(C(=O)Cc4nccs4)CC3)c(F)c2)C(=O)O1)C(F)F. The van der Waals surface area contributed by atoms with Gasteiger partial charge in [-0.05, 0) is 18.2 Å². The van der Waals surface area contributed by atoms with Gasteiger partial charge in [0.25, 0.3) is 11.8 Å². The minimum absolute atomic E-state index is 0.0329. The van der Waals surface area contributed by atoms with E-state index in [9.17, 15) is 23.2 Å². The summed E-state index contributed by atoms with van der Waals surface area (Å²) in [5.74, 6) is -2.28. The minimum atomic E-state index is -3.17. The van der Waals surface area contributed by atoms with Crippen LogP contribution >= 0.6 is 11.3 Å². The van der Waals surface area contributed by atoms with Crippen molar-refractivity contribution in [1.82, 2.24) is 15.4 Å². The van der Waals surface area contributed by atoms with Crippen LogP contribution in [0.25, 0.3) is 0 Å². The van der Waals surface area contributed by atoms with E-state index >= 15 is 4.39 Å². The molecule has 10 nitrogen and oxygen atoms in total. The van der Waals surface area contributed by atoms with Crippen molar-refractivity contribution in [1.29, 1.82) is 0 Å². The fourth-order valence-corrected chi connectivity index (χ4v) is 4.30. The molecule has 1 atom stereocenters. The van der Waals surface area contributed by atoms with Gasteiger partial charge in [-0.2, -0.15) is 8.78 Å². The number of nitrogens with zero attached hydrogens (tertiary/aromatic N) is 4. The molecule has 2 aliphatic rings. The van der Waals surface area contributed by atoms with Crippen molar-refractivity contribution < 1.29 is 37.1 Å². The topological polar surface area (TPSA) is 104 Å². The standard InChI is InChI=1S/C21H22F3N5O5S/c22-15-9-13(28-12-14(34-21(28)32)11-26-20(31)19(23)24)1-2-16(15)27-4-5-29(33-7-6-27)18(30)10-17-25-3-8-35-17/h1-3,8-9,14,19H,4-7,10-12H2,(H,26,31). The average molecular weight is 513 g/mol. The van der Waals surface area contributed by atoms with E-state index in [4.69, 9.17) is 9.57 Å². The predicted octanol–water partition coefficient (Wildman–Crippen LogP) is 1.81. The molecule has 188 valence electrons. The van der Waals surface area contributed by atoms with Gasteiger partial charge in [-0.15, -0.1) is 11.3 Å². The van der Waals surface area contributed by atoms with E-state index in [0.717, 1.165) is 4.90 Å². The molecule has 0 spiro atoms. The molecule has 0 radical (unpaired) electrons. The number of ether oxygens (including phenoxy) is 1. The maximum absolute atomic E-state index is 15.0. The molecular formula is C21H22F3N5O5S. The number of carbonyl (C=O) groups is 3. The Balaban J connectivity index is 1.35. The smallest absolute Gasteiger partial charge is 0.414 e. The Morgan fingerprint density at radius 2 is 2.09 bits per heavy atom. The van der Waals surface area contributed by atoms with Gasteiger partial charge in [0.1, 0.15) is 16.9 Å². The zero-order chi connectivity index (χ0) is 24.9. The summed E-state index contributed by atoms with van der Waals surface area (Å²) < 4.78 is 44.7. The maximum atomic E-state index is 15.0. The molecular weight excluding hydrogens is 491 g/mol. The van der Waals surface area contributed by atoms with E-state index in [1.165, 1.54) is 34.6 Å². The Morgan fingerprint density at radius 1 is 1.26 bits per heavy atom. The molecule has 2 fully saturated rings. The van der Waals surface area contributed by atoms with Crippen LogP contribution in [0.3, 0.4) is 0 Å². The first kappa shape index (κ1) is 24.7. The normalized spacial score (nSPS) is 18.6. The number of amides is 3. The van der Waals surface area contributed by atoms with E-state index in [2.05, 4.69) is 4.98 Å². The molecule has 0 bridgehead atoms. The summed E-state index contributed by atoms with van der Waals surface area (Å²) in [6.07, 6.45) is -3.04. The molecule has 3 heterocycles. The molecule has 4 rings (SSSR count). The van der Waals surface area contributed by atoms with Gasteiger partial charge in [-0.3, -0.25) is 19.3 Å². The number of benzene rings is 1. The number of hydrogen-bond donors (Lipinski definition) is 1. The molecule has 2 saturated heterocycles. The van der Waals surface area contributed by atoms with Crippen LogP contribution in [0.2, 0.25) is 0 Å². The molecule has 2 aliphatic heterocycles. The highest BCUT2D eigenvalue weighted by Crippen LogP contribution is 2.28. The molecule has 1 N–H and O–H groups in total. The maximum Gasteiger partial charge on any atom is 0.414 e. The van der Waals surface area contributed by atoms with Crippen molar-refractivity contribution in [2.75, 3.05) is 49.1 Å². The molecule has 35 heavy (non-hydrogen) atoms. The van der Waals surface area contributed by atoms with E-state index in [1.807, 2.05) is 5.32 Å². The minimum Gasteiger partial charge on any atom is -0.442 e. The van der Waals surface area contributed by atoms with Crippen molar-refractivity contribution in [3.8, 4) is 0 Å². The monoisotopic (exact) mass is 513 g/mol. The number of anilines is 2. The summed E-state index contributed by atoms with van der Waals surface area (Å²) in [4.78, 5) is 48.2. The third-order valence-corrected chi connectivity index (χ3v) is 6.18. The molecule has 1 aromatic carbocycles. The summed E-state index contributed by atoms with van der Waals surface area (Å²) >= 11 is 1.38. The zero-order valence-electron chi connectivity index (χ0n) is 18.4. The molecule has 1 aromatic heterocycles. The van der Waals surface area contributed by atoms with Crippen molar-refractivity contribution in [2.24, 2.45) is 0 Å². The number of cyclic esters (lactones) is 1. The second-order valence-corrected chi connectivity index (χ2v) is 8.70. The first-order valence-electron chi connectivity index (χ1n) is 10.7. The third kappa shape index (κ3) is 6.00. The molecule has 14 heteroatoms. The van der Waals surface area contributed by atoms with Gasteiger partial charge in [-0.25, -0.2) is 19.2 Å². The van der Waals surface area contributed by atoms with Crippen LogP contribution in [0, 0.1) is 5.82 Å². The lowest BCUT2D eigenvalue weighted by Gasteiger charge is -2.24. The Kier molecular flexibility index (Phi) is 7.70. The van der Waals surface area contributed by atoms with Crippen LogP contribution in [-0.4, -0.2) is 79.8 Å². The number of nitrogens with one attached hydrogen (secondary N) is 1. The lowest BCUT2D eigenvalue weighted by atomic mass is 10.2. The average Bonchev–Trinajstić information content (AvgIpc) is 3.39. The zero-order valence-corrected chi connectivity index (χ0v) is 19.2. The summed E-state index contributed by atoms with van der Waals surface area (Å²) in [6.45, 7) is 0.768. The van der Waals surface area contributed by atoms with E-state index in [0.29, 0.717) is 18.1 Å². The second-order valence-electron chi connectivity index (χ2n) is 7.72. The van der Waals surface area contributed by atoms with E-state index in [1.54, 1.807) is 16.5 Å². The Hall–Kier alpha value is -3.39. The lowest BCUT2D eigenvalue weighted by molar-refractivity contribution is -0.181. The highest BCUT2D eigenvalue weighted by molar-refractivity contribution is 7.09. The summed E-state index contributed by atoms with van der Waals surface area (Å²) in [5, 5.41) is 5.72. The number of hydroxylamine groups is 2. The van der Waals surface area contributed by atoms with Crippen LogP contribution in [-0.2, 0) is 25.6 Å². The van der Waals surface area contributed by atoms with Crippen LogP contribution in [0.1, 0.15) is 5.01 Å². The molecule has 0 saturated carbocycles. The highest BCUT2D eigenvalue weighted by Gasteiger charge is 2.33. The number of carbonyl (C=O) groups excluding carboxylic acids is 3. The van der Waals surface area contributed by atoms with Gasteiger partial charge >= 0.3 is 12.5 Å². The van der Waals surface area contributed by atoms with Crippen molar-refractivity contribution in [3.63, 3.8) is 0 Å². The largest absolute Gasteiger partial charge is 0.442 e. The predicted molar refractivity (Wildman–Crippen MR) is 119 cm³/mol. The van der Waals surface area contributed by atoms with Crippen LogP contribution < -0.4 is 15.1 Å². The quantitative estimate of drug-likeness (QED) is 0.602. The van der Waals surface area contributed by atoms with Crippen LogP contribution in [0.5, 0.6) is 0 Å². The fraction of sp³-hybridized carbons (Fsp3) is 0.429. The van der Waals surface area contributed by atoms with E-state index in [-0.39, 0.29) is 49.9 Å². The summed E-state index contributed by atoms with van der Waals surface area (Å²) in [6, 6.07) is 4.22. The summed E-state index contributed by atoms with van der Waals surface area (Å²) in [5.41, 5.74) is 0.505. The van der Waals surface area contributed by atoms with Crippen LogP contribution in [0.4, 0.5) is 29.3 Å². The van der Waals surface area contributed by atoms with Gasteiger partial charge in [0.15, 0.2) is 0 Å².